The number of carbonyl (C=O) groups is 1. The molecule has 7 nitrogen and oxygen atoms in total. The van der Waals surface area contributed by atoms with Gasteiger partial charge in [0.2, 0.25) is 5.91 Å². The summed E-state index contributed by atoms with van der Waals surface area (Å²) in [6, 6.07) is 8.02. The lowest BCUT2D eigenvalue weighted by Gasteiger charge is -2.35. The summed E-state index contributed by atoms with van der Waals surface area (Å²) in [4.78, 5) is 14.8. The highest BCUT2D eigenvalue weighted by molar-refractivity contribution is 5.79. The summed E-state index contributed by atoms with van der Waals surface area (Å²) < 4.78 is 7.09. The number of para-hydroxylation sites is 1. The van der Waals surface area contributed by atoms with Crippen LogP contribution in [0, 0.1) is 5.92 Å². The summed E-state index contributed by atoms with van der Waals surface area (Å²) in [6.07, 6.45) is 1.06. The normalized spacial score (nSPS) is 17.1. The number of fused-ring (bicyclic) bond motifs is 1. The molecule has 1 amide bonds. The summed E-state index contributed by atoms with van der Waals surface area (Å²) in [5.41, 5.74) is 1.69. The number of amides is 1. The van der Waals surface area contributed by atoms with Crippen LogP contribution < -0.4 is 5.32 Å². The molecule has 0 radical (unpaired) electrons. The van der Waals surface area contributed by atoms with E-state index in [1.165, 1.54) is 0 Å². The molecular weight excluding hydrogens is 318 g/mol. The van der Waals surface area contributed by atoms with Crippen molar-refractivity contribution in [1.82, 2.24) is 25.2 Å². The predicted octanol–water partition coefficient (Wildman–Crippen LogP) is 1.29. The summed E-state index contributed by atoms with van der Waals surface area (Å²) in [5.74, 6) is 0.557. The minimum Gasteiger partial charge on any atom is -0.379 e. The molecule has 0 aliphatic carbocycles. The van der Waals surface area contributed by atoms with E-state index in [1.54, 1.807) is 4.68 Å². The van der Waals surface area contributed by atoms with E-state index in [4.69, 9.17) is 4.74 Å². The Labute approximate surface area is 148 Å². The molecule has 1 atom stereocenters. The predicted molar refractivity (Wildman–Crippen MR) is 96.2 cm³/mol. The van der Waals surface area contributed by atoms with E-state index >= 15 is 0 Å². The number of nitrogens with one attached hydrogen (secondary N) is 1. The van der Waals surface area contributed by atoms with E-state index in [0.29, 0.717) is 18.5 Å². The van der Waals surface area contributed by atoms with E-state index in [0.717, 1.165) is 43.8 Å². The number of nitrogens with zero attached hydrogens (tertiary/aromatic N) is 4. The highest BCUT2D eigenvalue weighted by Crippen LogP contribution is 2.13. The van der Waals surface area contributed by atoms with E-state index in [1.807, 2.05) is 24.3 Å². The van der Waals surface area contributed by atoms with Crippen molar-refractivity contribution in [3.63, 3.8) is 0 Å². The van der Waals surface area contributed by atoms with Crippen LogP contribution in [0.2, 0.25) is 0 Å². The first-order chi connectivity index (χ1) is 12.1. The van der Waals surface area contributed by atoms with Crippen molar-refractivity contribution in [1.29, 1.82) is 0 Å². The maximum absolute atomic E-state index is 12.4. The fourth-order valence-electron chi connectivity index (χ4n) is 3.31. The Morgan fingerprint density at radius 2 is 2.04 bits per heavy atom. The third-order valence-corrected chi connectivity index (χ3v) is 4.55. The zero-order valence-electron chi connectivity index (χ0n) is 15.0. The molecule has 136 valence electrons. The average molecular weight is 345 g/mol. The number of benzene rings is 1. The molecule has 1 aliphatic rings. The summed E-state index contributed by atoms with van der Waals surface area (Å²) in [5, 5.41) is 11.2. The molecule has 1 fully saturated rings. The van der Waals surface area contributed by atoms with Gasteiger partial charge in [-0.3, -0.25) is 9.69 Å². The Kier molecular flexibility index (Phi) is 5.99. The van der Waals surface area contributed by atoms with Crippen LogP contribution in [0.5, 0.6) is 0 Å². The van der Waals surface area contributed by atoms with Crippen molar-refractivity contribution in [2.75, 3.05) is 32.8 Å². The van der Waals surface area contributed by atoms with Gasteiger partial charge < -0.3 is 10.1 Å². The molecule has 1 aromatic carbocycles. The number of carbonyl (C=O) groups excluding carboxylic acids is 1. The average Bonchev–Trinajstić information content (AvgIpc) is 3.02. The number of aromatic nitrogens is 3. The summed E-state index contributed by atoms with van der Waals surface area (Å²) >= 11 is 0. The Morgan fingerprint density at radius 1 is 1.28 bits per heavy atom. The topological polar surface area (TPSA) is 72.3 Å². The molecule has 1 unspecified atom stereocenters. The molecule has 1 aliphatic heterocycles. The molecule has 1 saturated heterocycles. The van der Waals surface area contributed by atoms with Gasteiger partial charge in [-0.1, -0.05) is 31.2 Å². The maximum Gasteiger partial charge on any atom is 0.241 e. The lowest BCUT2D eigenvalue weighted by atomic mass is 10.0. The second-order valence-electron chi connectivity index (χ2n) is 6.97. The minimum atomic E-state index is -0.0299. The Hall–Kier alpha value is -1.99. The van der Waals surface area contributed by atoms with Gasteiger partial charge in [-0.15, -0.1) is 5.10 Å². The molecular formula is C18H27N5O2. The minimum absolute atomic E-state index is 0.0299. The standard InChI is InChI=1S/C18H27N5O2/c1-14(2)11-15(22-7-9-25-10-8-22)12-19-18(24)13-23-17-6-4-3-5-16(17)20-21-23/h3-6,14-15H,7-13H2,1-2H3,(H,19,24). The quantitative estimate of drug-likeness (QED) is 0.819. The highest BCUT2D eigenvalue weighted by Gasteiger charge is 2.22. The lowest BCUT2D eigenvalue weighted by molar-refractivity contribution is -0.122. The monoisotopic (exact) mass is 345 g/mol. The van der Waals surface area contributed by atoms with Crippen LogP contribution in [0.4, 0.5) is 0 Å². The Morgan fingerprint density at radius 3 is 2.80 bits per heavy atom. The van der Waals surface area contributed by atoms with Crippen molar-refractivity contribution in [2.45, 2.75) is 32.9 Å². The van der Waals surface area contributed by atoms with Crippen LogP contribution in [-0.4, -0.2) is 64.7 Å². The molecule has 0 bridgehead atoms. The molecule has 0 saturated carbocycles. The van der Waals surface area contributed by atoms with Gasteiger partial charge in [-0.05, 0) is 24.5 Å². The van der Waals surface area contributed by atoms with Crippen molar-refractivity contribution >= 4 is 16.9 Å². The Bertz CT molecular complexity index is 694. The van der Waals surface area contributed by atoms with E-state index in [9.17, 15) is 4.79 Å². The first kappa shape index (κ1) is 17.8. The van der Waals surface area contributed by atoms with Gasteiger partial charge >= 0.3 is 0 Å². The van der Waals surface area contributed by atoms with Crippen LogP contribution >= 0.6 is 0 Å². The summed E-state index contributed by atoms with van der Waals surface area (Å²) in [7, 11) is 0. The number of hydrogen-bond donors (Lipinski definition) is 1. The van der Waals surface area contributed by atoms with Gasteiger partial charge in [0.05, 0.1) is 18.7 Å². The smallest absolute Gasteiger partial charge is 0.241 e. The van der Waals surface area contributed by atoms with E-state index in [-0.39, 0.29) is 12.5 Å². The zero-order chi connectivity index (χ0) is 17.6. The highest BCUT2D eigenvalue weighted by atomic mass is 16.5. The van der Waals surface area contributed by atoms with Gasteiger partial charge in [0.1, 0.15) is 12.1 Å². The van der Waals surface area contributed by atoms with E-state index < -0.39 is 0 Å². The van der Waals surface area contributed by atoms with Gasteiger partial charge in [0.25, 0.3) is 0 Å². The van der Waals surface area contributed by atoms with Crippen LogP contribution in [-0.2, 0) is 16.1 Å². The molecule has 1 aromatic heterocycles. The zero-order valence-corrected chi connectivity index (χ0v) is 15.0. The van der Waals surface area contributed by atoms with Crippen molar-refractivity contribution in [3.05, 3.63) is 24.3 Å². The largest absolute Gasteiger partial charge is 0.379 e. The van der Waals surface area contributed by atoms with Crippen LogP contribution in [0.25, 0.3) is 11.0 Å². The molecule has 25 heavy (non-hydrogen) atoms. The van der Waals surface area contributed by atoms with E-state index in [2.05, 4.69) is 34.4 Å². The van der Waals surface area contributed by atoms with Gasteiger partial charge in [0.15, 0.2) is 0 Å². The Balaban J connectivity index is 1.57. The molecule has 1 N–H and O–H groups in total. The molecule has 2 heterocycles. The fourth-order valence-corrected chi connectivity index (χ4v) is 3.31. The number of hydrogen-bond acceptors (Lipinski definition) is 5. The van der Waals surface area contributed by atoms with Crippen molar-refractivity contribution in [3.8, 4) is 0 Å². The molecule has 2 aromatic rings. The second kappa shape index (κ2) is 8.40. The maximum atomic E-state index is 12.4. The third kappa shape index (κ3) is 4.76. The lowest BCUT2D eigenvalue weighted by Crippen LogP contribution is -2.49. The van der Waals surface area contributed by atoms with Gasteiger partial charge in [0, 0.05) is 25.7 Å². The summed E-state index contributed by atoms with van der Waals surface area (Å²) in [6.45, 7) is 8.69. The van der Waals surface area contributed by atoms with Crippen molar-refractivity contribution < 1.29 is 9.53 Å². The van der Waals surface area contributed by atoms with Gasteiger partial charge in [-0.2, -0.15) is 0 Å². The number of morpholine rings is 1. The fraction of sp³-hybridized carbons (Fsp3) is 0.611. The SMILES string of the molecule is CC(C)CC(CNC(=O)Cn1nnc2ccccc21)N1CCOCC1. The second-order valence-corrected chi connectivity index (χ2v) is 6.97. The number of ether oxygens (including phenoxy) is 1. The molecule has 3 rings (SSSR count). The molecule has 0 spiro atoms. The van der Waals surface area contributed by atoms with Crippen LogP contribution in [0.15, 0.2) is 24.3 Å². The van der Waals surface area contributed by atoms with Crippen molar-refractivity contribution in [2.24, 2.45) is 5.92 Å². The van der Waals surface area contributed by atoms with Gasteiger partial charge in [-0.25, -0.2) is 4.68 Å². The third-order valence-electron chi connectivity index (χ3n) is 4.55. The first-order valence-electron chi connectivity index (χ1n) is 9.00. The van der Waals surface area contributed by atoms with Crippen LogP contribution in [0.3, 0.4) is 0 Å². The first-order valence-corrected chi connectivity index (χ1v) is 9.00. The molecule has 7 heteroatoms. The van der Waals surface area contributed by atoms with Crippen LogP contribution in [0.1, 0.15) is 20.3 Å². The number of rotatable bonds is 7.